The molecule has 6 heteroatoms. The fraction of sp³-hybridized carbons (Fsp3) is 0.250. The first-order valence-electron chi connectivity index (χ1n) is 10.3. The molecule has 0 radical (unpaired) electrons. The van der Waals surface area contributed by atoms with Gasteiger partial charge in [0.25, 0.3) is 0 Å². The van der Waals surface area contributed by atoms with Gasteiger partial charge in [-0.25, -0.2) is 4.98 Å². The number of nitrogens with one attached hydrogen (secondary N) is 1. The summed E-state index contributed by atoms with van der Waals surface area (Å²) in [4.78, 5) is 11.5. The average Bonchev–Trinajstić information content (AvgIpc) is 3.12. The van der Waals surface area contributed by atoms with Crippen LogP contribution in [0, 0.1) is 13.8 Å². The molecule has 30 heavy (non-hydrogen) atoms. The molecule has 0 unspecified atom stereocenters. The van der Waals surface area contributed by atoms with Crippen LogP contribution in [0.4, 0.5) is 17.2 Å². The number of benzene rings is 2. The van der Waals surface area contributed by atoms with Crippen LogP contribution in [0.1, 0.15) is 11.1 Å². The Morgan fingerprint density at radius 2 is 1.70 bits per heavy atom. The first-order valence-corrected chi connectivity index (χ1v) is 10.3. The number of fused-ring (bicyclic) bond motifs is 1. The number of ether oxygens (including phenoxy) is 1. The second kappa shape index (κ2) is 7.80. The molecule has 0 aliphatic carbocycles. The van der Waals surface area contributed by atoms with E-state index in [0.717, 1.165) is 54.7 Å². The van der Waals surface area contributed by atoms with Crippen LogP contribution in [0.25, 0.3) is 16.9 Å². The summed E-state index contributed by atoms with van der Waals surface area (Å²) < 4.78 is 7.52. The lowest BCUT2D eigenvalue weighted by Crippen LogP contribution is -2.36. The van der Waals surface area contributed by atoms with Crippen LogP contribution < -0.4 is 10.2 Å². The Bertz CT molecular complexity index is 1160. The van der Waals surface area contributed by atoms with Crippen molar-refractivity contribution < 1.29 is 4.74 Å². The minimum Gasteiger partial charge on any atom is -0.378 e. The zero-order valence-electron chi connectivity index (χ0n) is 17.3. The Morgan fingerprint density at radius 3 is 2.43 bits per heavy atom. The van der Waals surface area contributed by atoms with Gasteiger partial charge in [0.1, 0.15) is 11.5 Å². The maximum Gasteiger partial charge on any atom is 0.157 e. The van der Waals surface area contributed by atoms with Crippen molar-refractivity contribution in [3.05, 3.63) is 72.2 Å². The number of anilines is 3. The summed E-state index contributed by atoms with van der Waals surface area (Å²) in [5.41, 5.74) is 7.53. The Kier molecular flexibility index (Phi) is 4.85. The summed E-state index contributed by atoms with van der Waals surface area (Å²) in [6, 6.07) is 15.1. The Balaban J connectivity index is 1.54. The quantitative estimate of drug-likeness (QED) is 0.544. The van der Waals surface area contributed by atoms with Gasteiger partial charge in [-0.15, -0.1) is 0 Å². The van der Waals surface area contributed by atoms with Crippen LogP contribution in [-0.4, -0.2) is 40.7 Å². The van der Waals surface area contributed by atoms with Crippen molar-refractivity contribution in [2.75, 3.05) is 36.5 Å². The molecule has 5 rings (SSSR count). The van der Waals surface area contributed by atoms with Gasteiger partial charge in [-0.05, 0) is 49.2 Å². The van der Waals surface area contributed by atoms with Crippen LogP contribution in [0.3, 0.4) is 0 Å². The van der Waals surface area contributed by atoms with Gasteiger partial charge in [-0.3, -0.25) is 9.38 Å². The van der Waals surface area contributed by atoms with Crippen molar-refractivity contribution in [1.29, 1.82) is 0 Å². The second-order valence-corrected chi connectivity index (χ2v) is 7.76. The van der Waals surface area contributed by atoms with Crippen LogP contribution in [0.5, 0.6) is 0 Å². The summed E-state index contributed by atoms with van der Waals surface area (Å²) in [6.45, 7) is 7.65. The Hall–Kier alpha value is -3.38. The third kappa shape index (κ3) is 3.62. The summed E-state index contributed by atoms with van der Waals surface area (Å²) in [5.74, 6) is 0.941. The van der Waals surface area contributed by atoms with Gasteiger partial charge in [0.15, 0.2) is 5.65 Å². The third-order valence-corrected chi connectivity index (χ3v) is 5.43. The molecule has 0 atom stereocenters. The molecule has 6 nitrogen and oxygen atoms in total. The Morgan fingerprint density at radius 1 is 0.967 bits per heavy atom. The number of aryl methyl sites for hydroxylation is 2. The second-order valence-electron chi connectivity index (χ2n) is 7.76. The van der Waals surface area contributed by atoms with E-state index in [1.54, 1.807) is 12.4 Å². The van der Waals surface area contributed by atoms with Gasteiger partial charge in [0.2, 0.25) is 0 Å². The number of rotatable bonds is 4. The molecular weight excluding hydrogens is 374 g/mol. The van der Waals surface area contributed by atoms with Crippen molar-refractivity contribution >= 4 is 22.8 Å². The normalized spacial score (nSPS) is 14.3. The maximum absolute atomic E-state index is 5.47. The minimum absolute atomic E-state index is 0.783. The number of aromatic nitrogens is 3. The van der Waals surface area contributed by atoms with E-state index < -0.39 is 0 Å². The lowest BCUT2D eigenvalue weighted by atomic mass is 10.1. The van der Waals surface area contributed by atoms with E-state index >= 15 is 0 Å². The Labute approximate surface area is 176 Å². The fourth-order valence-corrected chi connectivity index (χ4v) is 4.06. The van der Waals surface area contributed by atoms with Crippen LogP contribution >= 0.6 is 0 Å². The van der Waals surface area contributed by atoms with Gasteiger partial charge >= 0.3 is 0 Å². The van der Waals surface area contributed by atoms with E-state index in [4.69, 9.17) is 9.72 Å². The molecule has 1 aliphatic rings. The summed E-state index contributed by atoms with van der Waals surface area (Å²) >= 11 is 0. The molecule has 1 N–H and O–H groups in total. The summed E-state index contributed by atoms with van der Waals surface area (Å²) in [5, 5.41) is 3.60. The van der Waals surface area contributed by atoms with Crippen molar-refractivity contribution in [2.24, 2.45) is 0 Å². The molecule has 0 spiro atoms. The SMILES string of the molecule is Cc1cc(C)cc(Nc2c(-c3ccc(N4CCOCC4)cc3)nc3cnccn23)c1. The first kappa shape index (κ1) is 18.6. The number of imidazole rings is 1. The number of morpholine rings is 1. The highest BCUT2D eigenvalue weighted by Crippen LogP contribution is 2.32. The zero-order chi connectivity index (χ0) is 20.5. The number of nitrogens with zero attached hydrogens (tertiary/aromatic N) is 4. The highest BCUT2D eigenvalue weighted by atomic mass is 16.5. The molecule has 4 aromatic rings. The van der Waals surface area contributed by atoms with Crippen LogP contribution in [-0.2, 0) is 4.74 Å². The van der Waals surface area contributed by atoms with E-state index in [9.17, 15) is 0 Å². The molecule has 2 aromatic heterocycles. The molecule has 0 amide bonds. The summed E-state index contributed by atoms with van der Waals surface area (Å²) in [6.07, 6.45) is 5.52. The van der Waals surface area contributed by atoms with Gasteiger partial charge in [0.05, 0.1) is 19.4 Å². The molecular formula is C24H25N5O. The average molecular weight is 399 g/mol. The number of hydrogen-bond acceptors (Lipinski definition) is 5. The fourth-order valence-electron chi connectivity index (χ4n) is 4.06. The third-order valence-electron chi connectivity index (χ3n) is 5.43. The lowest BCUT2D eigenvalue weighted by molar-refractivity contribution is 0.122. The number of hydrogen-bond donors (Lipinski definition) is 1. The van der Waals surface area contributed by atoms with Crippen LogP contribution in [0.2, 0.25) is 0 Å². The largest absolute Gasteiger partial charge is 0.378 e. The molecule has 1 aliphatic heterocycles. The zero-order valence-corrected chi connectivity index (χ0v) is 17.3. The minimum atomic E-state index is 0.783. The van der Waals surface area contributed by atoms with Crippen LogP contribution in [0.15, 0.2) is 61.1 Å². The molecule has 2 aromatic carbocycles. The van der Waals surface area contributed by atoms with E-state index in [-0.39, 0.29) is 0 Å². The van der Waals surface area contributed by atoms with E-state index in [0.29, 0.717) is 0 Å². The molecule has 3 heterocycles. The first-order chi connectivity index (χ1) is 14.7. The van der Waals surface area contributed by atoms with Gasteiger partial charge in [0, 0.05) is 42.4 Å². The molecule has 152 valence electrons. The highest BCUT2D eigenvalue weighted by molar-refractivity contribution is 5.80. The summed E-state index contributed by atoms with van der Waals surface area (Å²) in [7, 11) is 0. The van der Waals surface area contributed by atoms with Gasteiger partial charge in [-0.2, -0.15) is 0 Å². The predicted octanol–water partition coefficient (Wildman–Crippen LogP) is 4.59. The topological polar surface area (TPSA) is 54.7 Å². The predicted molar refractivity (Wildman–Crippen MR) is 121 cm³/mol. The molecule has 0 bridgehead atoms. The molecule has 0 saturated carbocycles. The smallest absolute Gasteiger partial charge is 0.157 e. The highest BCUT2D eigenvalue weighted by Gasteiger charge is 2.16. The van der Waals surface area contributed by atoms with Crippen molar-refractivity contribution in [2.45, 2.75) is 13.8 Å². The maximum atomic E-state index is 5.47. The van der Waals surface area contributed by atoms with Gasteiger partial charge in [-0.1, -0.05) is 18.2 Å². The lowest BCUT2D eigenvalue weighted by Gasteiger charge is -2.28. The van der Waals surface area contributed by atoms with E-state index in [1.807, 2.05) is 6.20 Å². The van der Waals surface area contributed by atoms with Crippen molar-refractivity contribution in [3.8, 4) is 11.3 Å². The van der Waals surface area contributed by atoms with Gasteiger partial charge < -0.3 is 15.0 Å². The molecule has 1 saturated heterocycles. The van der Waals surface area contributed by atoms with Crippen molar-refractivity contribution in [3.63, 3.8) is 0 Å². The van der Waals surface area contributed by atoms with Crippen molar-refractivity contribution in [1.82, 2.24) is 14.4 Å². The monoisotopic (exact) mass is 399 g/mol. The standard InChI is InChI=1S/C24H25N5O/c1-17-13-18(2)15-20(14-17)26-24-23(27-22-16-25-7-8-29(22)24)19-3-5-21(6-4-19)28-9-11-30-12-10-28/h3-8,13-16,26H,9-12H2,1-2H3. The van der Waals surface area contributed by atoms with E-state index in [2.05, 4.69) is 75.9 Å². The molecule has 1 fully saturated rings. The van der Waals surface area contributed by atoms with E-state index in [1.165, 1.54) is 16.8 Å².